The van der Waals surface area contributed by atoms with Gasteiger partial charge in [0, 0.05) is 20.2 Å². The lowest BCUT2D eigenvalue weighted by Gasteiger charge is -2.23. The second kappa shape index (κ2) is 6.44. The van der Waals surface area contributed by atoms with E-state index in [0.717, 1.165) is 25.0 Å². The van der Waals surface area contributed by atoms with Gasteiger partial charge in [-0.1, -0.05) is 20.8 Å². The molecule has 0 aliphatic carbocycles. The van der Waals surface area contributed by atoms with Gasteiger partial charge in [-0.3, -0.25) is 0 Å². The van der Waals surface area contributed by atoms with Crippen molar-refractivity contribution < 1.29 is 4.74 Å². The largest absolute Gasteiger partial charge is 0.383 e. The molecular weight excluding hydrogens is 150 g/mol. The number of methoxy groups -OCH3 is 1. The molecule has 74 valence electrons. The van der Waals surface area contributed by atoms with Crippen LogP contribution in [0.3, 0.4) is 0 Å². The van der Waals surface area contributed by atoms with Crippen LogP contribution in [0.25, 0.3) is 0 Å². The molecule has 0 saturated carbocycles. The van der Waals surface area contributed by atoms with Crippen molar-refractivity contribution in [1.29, 1.82) is 0 Å². The van der Waals surface area contributed by atoms with E-state index < -0.39 is 0 Å². The highest BCUT2D eigenvalue weighted by atomic mass is 16.5. The van der Waals surface area contributed by atoms with E-state index in [1.807, 2.05) is 0 Å². The topological polar surface area (TPSA) is 12.5 Å². The minimum absolute atomic E-state index is 0.770. The maximum Gasteiger partial charge on any atom is 0.0589 e. The predicted molar refractivity (Wildman–Crippen MR) is 53.4 cm³/mol. The number of likely N-dealkylation sites (N-methyl/N-ethyl adjacent to an activating group) is 1. The summed E-state index contributed by atoms with van der Waals surface area (Å²) in [7, 11) is 3.90. The molecule has 0 aliphatic heterocycles. The van der Waals surface area contributed by atoms with Crippen LogP contribution in [0.4, 0.5) is 0 Å². The Bertz CT molecular complexity index is 104. The summed E-state index contributed by atoms with van der Waals surface area (Å²) in [4.78, 5) is 2.33. The summed E-state index contributed by atoms with van der Waals surface area (Å²) in [5.74, 6) is 1.54. The van der Waals surface area contributed by atoms with Crippen molar-refractivity contribution in [1.82, 2.24) is 4.90 Å². The molecule has 0 amide bonds. The van der Waals surface area contributed by atoms with Gasteiger partial charge in [0.1, 0.15) is 0 Å². The SMILES string of the molecule is COCCN(C)C[C@@H](C)C(C)C. The number of nitrogens with zero attached hydrogens (tertiary/aromatic N) is 1. The molecule has 0 rings (SSSR count). The van der Waals surface area contributed by atoms with Gasteiger partial charge in [-0.2, -0.15) is 0 Å². The second-order valence-corrected chi connectivity index (χ2v) is 3.98. The molecule has 2 nitrogen and oxygen atoms in total. The minimum Gasteiger partial charge on any atom is -0.383 e. The fraction of sp³-hybridized carbons (Fsp3) is 1.00. The van der Waals surface area contributed by atoms with Crippen molar-refractivity contribution in [3.63, 3.8) is 0 Å². The molecule has 0 bridgehead atoms. The Balaban J connectivity index is 3.47. The standard InChI is InChI=1S/C10H23NO/c1-9(2)10(3)8-11(4)6-7-12-5/h9-10H,6-8H2,1-5H3/t10-/m1/s1. The Morgan fingerprint density at radius 3 is 2.25 bits per heavy atom. The van der Waals surface area contributed by atoms with Crippen molar-refractivity contribution in [2.75, 3.05) is 33.9 Å². The van der Waals surface area contributed by atoms with Gasteiger partial charge in [-0.15, -0.1) is 0 Å². The monoisotopic (exact) mass is 173 g/mol. The first kappa shape index (κ1) is 11.9. The zero-order chi connectivity index (χ0) is 9.56. The maximum absolute atomic E-state index is 5.01. The molecule has 2 heteroatoms. The molecule has 0 fully saturated rings. The second-order valence-electron chi connectivity index (χ2n) is 3.98. The average Bonchev–Trinajstić information content (AvgIpc) is 2.00. The van der Waals surface area contributed by atoms with E-state index in [4.69, 9.17) is 4.74 Å². The van der Waals surface area contributed by atoms with Crippen LogP contribution in [0, 0.1) is 11.8 Å². The highest BCUT2D eigenvalue weighted by Crippen LogP contribution is 2.10. The normalized spacial score (nSPS) is 14.2. The fourth-order valence-corrected chi connectivity index (χ4v) is 1.04. The number of hydrogen-bond donors (Lipinski definition) is 0. The maximum atomic E-state index is 5.01. The van der Waals surface area contributed by atoms with E-state index in [0.29, 0.717) is 0 Å². The smallest absolute Gasteiger partial charge is 0.0589 e. The predicted octanol–water partition coefficient (Wildman–Crippen LogP) is 1.86. The van der Waals surface area contributed by atoms with Crippen molar-refractivity contribution >= 4 is 0 Å². The van der Waals surface area contributed by atoms with Crippen LogP contribution in [-0.2, 0) is 4.74 Å². The van der Waals surface area contributed by atoms with E-state index in [-0.39, 0.29) is 0 Å². The van der Waals surface area contributed by atoms with Crippen LogP contribution in [0.1, 0.15) is 20.8 Å². The van der Waals surface area contributed by atoms with Gasteiger partial charge in [0.05, 0.1) is 6.61 Å². The minimum atomic E-state index is 0.770. The first-order chi connectivity index (χ1) is 5.57. The summed E-state index contributed by atoms with van der Waals surface area (Å²) in [6.45, 7) is 9.88. The van der Waals surface area contributed by atoms with Gasteiger partial charge < -0.3 is 9.64 Å². The third-order valence-electron chi connectivity index (χ3n) is 2.41. The average molecular weight is 173 g/mol. The van der Waals surface area contributed by atoms with Gasteiger partial charge in [-0.05, 0) is 18.9 Å². The van der Waals surface area contributed by atoms with Crippen LogP contribution >= 0.6 is 0 Å². The zero-order valence-corrected chi connectivity index (χ0v) is 9.13. The molecule has 0 unspecified atom stereocenters. The number of hydrogen-bond acceptors (Lipinski definition) is 2. The summed E-state index contributed by atoms with van der Waals surface area (Å²) in [6.07, 6.45) is 0. The summed E-state index contributed by atoms with van der Waals surface area (Å²) in [6, 6.07) is 0. The van der Waals surface area contributed by atoms with Crippen molar-refractivity contribution in [3.8, 4) is 0 Å². The Kier molecular flexibility index (Phi) is 6.39. The summed E-state index contributed by atoms with van der Waals surface area (Å²) in [5, 5.41) is 0. The van der Waals surface area contributed by atoms with Crippen molar-refractivity contribution in [3.05, 3.63) is 0 Å². The van der Waals surface area contributed by atoms with Gasteiger partial charge in [-0.25, -0.2) is 0 Å². The van der Waals surface area contributed by atoms with Crippen LogP contribution in [-0.4, -0.2) is 38.8 Å². The third kappa shape index (κ3) is 5.56. The molecule has 0 heterocycles. The van der Waals surface area contributed by atoms with E-state index in [9.17, 15) is 0 Å². The molecule has 0 N–H and O–H groups in total. The molecule has 0 aromatic heterocycles. The van der Waals surface area contributed by atoms with Crippen molar-refractivity contribution in [2.45, 2.75) is 20.8 Å². The highest BCUT2D eigenvalue weighted by molar-refractivity contribution is 4.61. The molecule has 0 aromatic rings. The first-order valence-electron chi connectivity index (χ1n) is 4.75. The van der Waals surface area contributed by atoms with Gasteiger partial charge in [0.15, 0.2) is 0 Å². The van der Waals surface area contributed by atoms with E-state index in [2.05, 4.69) is 32.7 Å². The molecule has 1 atom stereocenters. The zero-order valence-electron chi connectivity index (χ0n) is 9.13. The molecule has 0 spiro atoms. The van der Waals surface area contributed by atoms with Crippen molar-refractivity contribution in [2.24, 2.45) is 11.8 Å². The lowest BCUT2D eigenvalue weighted by atomic mass is 9.98. The molecule has 0 aromatic carbocycles. The van der Waals surface area contributed by atoms with Crippen LogP contribution < -0.4 is 0 Å². The Morgan fingerprint density at radius 1 is 1.25 bits per heavy atom. The van der Waals surface area contributed by atoms with Gasteiger partial charge in [0.25, 0.3) is 0 Å². The fourth-order valence-electron chi connectivity index (χ4n) is 1.04. The third-order valence-corrected chi connectivity index (χ3v) is 2.41. The Labute approximate surface area is 76.9 Å². The van der Waals surface area contributed by atoms with E-state index in [1.54, 1.807) is 7.11 Å². The highest BCUT2D eigenvalue weighted by Gasteiger charge is 2.09. The quantitative estimate of drug-likeness (QED) is 0.608. The van der Waals surface area contributed by atoms with Crippen LogP contribution in [0.15, 0.2) is 0 Å². The first-order valence-corrected chi connectivity index (χ1v) is 4.75. The lowest BCUT2D eigenvalue weighted by Crippen LogP contribution is -2.29. The summed E-state index contributed by atoms with van der Waals surface area (Å²) in [5.41, 5.74) is 0. The van der Waals surface area contributed by atoms with E-state index in [1.165, 1.54) is 6.54 Å². The summed E-state index contributed by atoms with van der Waals surface area (Å²) < 4.78 is 5.01. The molecule has 0 aliphatic rings. The van der Waals surface area contributed by atoms with E-state index >= 15 is 0 Å². The number of rotatable bonds is 6. The van der Waals surface area contributed by atoms with Gasteiger partial charge >= 0.3 is 0 Å². The Morgan fingerprint density at radius 2 is 1.83 bits per heavy atom. The molecule has 0 saturated heterocycles. The Hall–Kier alpha value is -0.0800. The van der Waals surface area contributed by atoms with Crippen LogP contribution in [0.5, 0.6) is 0 Å². The van der Waals surface area contributed by atoms with Gasteiger partial charge in [0.2, 0.25) is 0 Å². The summed E-state index contributed by atoms with van der Waals surface area (Å²) >= 11 is 0. The molecule has 0 radical (unpaired) electrons. The molecular formula is C10H23NO. The van der Waals surface area contributed by atoms with Crippen LogP contribution in [0.2, 0.25) is 0 Å². The number of ether oxygens (including phenoxy) is 1. The molecule has 12 heavy (non-hydrogen) atoms. The lowest BCUT2D eigenvalue weighted by molar-refractivity contribution is 0.148.